The highest BCUT2D eigenvalue weighted by atomic mass is 35.5. The number of benzene rings is 2. The van der Waals surface area contributed by atoms with Gasteiger partial charge in [-0.15, -0.1) is 23.2 Å². The minimum atomic E-state index is -0.589. The molecule has 0 saturated carbocycles. The van der Waals surface area contributed by atoms with Crippen molar-refractivity contribution < 1.29 is 9.59 Å². The lowest BCUT2D eigenvalue weighted by Gasteiger charge is -2.47. The van der Waals surface area contributed by atoms with Gasteiger partial charge in [0, 0.05) is 49.0 Å². The van der Waals surface area contributed by atoms with E-state index in [-0.39, 0.29) is 34.7 Å². The predicted octanol–water partition coefficient (Wildman–Crippen LogP) is 3.51. The molecule has 36 heavy (non-hydrogen) atoms. The average molecular weight is 530 g/mol. The molecule has 0 aromatic heterocycles. The number of nitrogens with zero attached hydrogens (tertiary/aromatic N) is 2. The van der Waals surface area contributed by atoms with Crippen molar-refractivity contribution in [3.63, 3.8) is 0 Å². The minimum Gasteiger partial charge on any atom is -0.341 e. The minimum absolute atomic E-state index is 0.0392. The fourth-order valence-electron chi connectivity index (χ4n) is 5.94. The Morgan fingerprint density at radius 2 is 1.03 bits per heavy atom. The van der Waals surface area contributed by atoms with Crippen LogP contribution in [0.1, 0.15) is 36.8 Å². The monoisotopic (exact) mass is 528 g/mol. The van der Waals surface area contributed by atoms with Gasteiger partial charge < -0.3 is 10.6 Å². The van der Waals surface area contributed by atoms with Crippen molar-refractivity contribution in [2.24, 2.45) is 0 Å². The van der Waals surface area contributed by atoms with Crippen molar-refractivity contribution >= 4 is 35.0 Å². The van der Waals surface area contributed by atoms with Gasteiger partial charge in [0.05, 0.1) is 0 Å². The third kappa shape index (κ3) is 5.88. The number of nitrogens with one attached hydrogen (secondary N) is 2. The number of likely N-dealkylation sites (tertiary alicyclic amines) is 2. The number of alkyl halides is 2. The Morgan fingerprint density at radius 3 is 1.42 bits per heavy atom. The summed E-state index contributed by atoms with van der Waals surface area (Å²) in [5, 5.41) is 6.31. The molecule has 3 aliphatic rings. The van der Waals surface area contributed by atoms with Crippen LogP contribution in [0.15, 0.2) is 60.7 Å². The third-order valence-corrected chi connectivity index (χ3v) is 8.45. The Bertz CT molecular complexity index is 957. The van der Waals surface area contributed by atoms with Gasteiger partial charge in [0.1, 0.15) is 12.1 Å². The van der Waals surface area contributed by atoms with Crippen LogP contribution in [0.2, 0.25) is 0 Å². The summed E-state index contributed by atoms with van der Waals surface area (Å²) in [6, 6.07) is 19.0. The van der Waals surface area contributed by atoms with Crippen molar-refractivity contribution in [3.05, 3.63) is 71.8 Å². The molecule has 6 atom stereocenters. The van der Waals surface area contributed by atoms with E-state index in [4.69, 9.17) is 23.2 Å². The van der Waals surface area contributed by atoms with Gasteiger partial charge in [0.2, 0.25) is 11.8 Å². The first kappa shape index (κ1) is 25.5. The summed E-state index contributed by atoms with van der Waals surface area (Å²) >= 11 is 13.0. The van der Waals surface area contributed by atoms with Crippen LogP contribution < -0.4 is 10.6 Å². The molecule has 6 nitrogen and oxygen atoms in total. The van der Waals surface area contributed by atoms with Crippen LogP contribution in [0.25, 0.3) is 0 Å². The van der Waals surface area contributed by atoms with Crippen LogP contribution in [0.3, 0.4) is 0 Å². The summed E-state index contributed by atoms with van der Waals surface area (Å²) in [4.78, 5) is 31.4. The Labute approximate surface area is 223 Å². The molecule has 0 aliphatic carbocycles. The highest BCUT2D eigenvalue weighted by molar-refractivity contribution is 6.21. The average Bonchev–Trinajstić information content (AvgIpc) is 2.87. The second-order valence-electron chi connectivity index (χ2n) is 10.3. The van der Waals surface area contributed by atoms with E-state index in [0.29, 0.717) is 26.2 Å². The highest BCUT2D eigenvalue weighted by Crippen LogP contribution is 2.29. The van der Waals surface area contributed by atoms with Crippen molar-refractivity contribution in [1.29, 1.82) is 0 Å². The molecule has 3 aliphatic heterocycles. The zero-order valence-corrected chi connectivity index (χ0v) is 21.9. The number of carbonyl (C=O) groups excluding carboxylic acids is 2. The summed E-state index contributed by atoms with van der Waals surface area (Å²) < 4.78 is 0. The first-order valence-corrected chi connectivity index (χ1v) is 13.8. The van der Waals surface area contributed by atoms with Crippen LogP contribution >= 0.6 is 23.2 Å². The van der Waals surface area contributed by atoms with Crippen molar-refractivity contribution in [2.75, 3.05) is 13.1 Å². The van der Waals surface area contributed by atoms with Crippen LogP contribution in [-0.4, -0.2) is 69.6 Å². The van der Waals surface area contributed by atoms with Gasteiger partial charge in [-0.3, -0.25) is 19.4 Å². The summed E-state index contributed by atoms with van der Waals surface area (Å²) in [6.07, 6.45) is 3.18. The second-order valence-corrected chi connectivity index (χ2v) is 11.5. The lowest BCUT2D eigenvalue weighted by Crippen LogP contribution is -2.72. The molecule has 2 amide bonds. The van der Waals surface area contributed by atoms with Crippen LogP contribution in [-0.2, 0) is 22.7 Å². The van der Waals surface area contributed by atoms with Crippen LogP contribution in [0.4, 0.5) is 0 Å². The molecule has 3 fully saturated rings. The molecule has 3 saturated heterocycles. The van der Waals surface area contributed by atoms with Gasteiger partial charge in [-0.05, 0) is 36.8 Å². The summed E-state index contributed by atoms with van der Waals surface area (Å²) in [7, 11) is 0. The lowest BCUT2D eigenvalue weighted by molar-refractivity contribution is -0.141. The Balaban J connectivity index is 1.30. The molecule has 0 radical (unpaired) electrons. The first-order valence-electron chi connectivity index (χ1n) is 12.9. The van der Waals surface area contributed by atoms with Gasteiger partial charge in [-0.25, -0.2) is 0 Å². The van der Waals surface area contributed by atoms with Crippen LogP contribution in [0, 0.1) is 0 Å². The zero-order valence-electron chi connectivity index (χ0n) is 20.4. The third-order valence-electron chi connectivity index (χ3n) is 7.74. The van der Waals surface area contributed by atoms with E-state index in [2.05, 4.69) is 44.7 Å². The smallest absolute Gasteiger partial charge is 0.244 e. The lowest BCUT2D eigenvalue weighted by atomic mass is 9.88. The van der Waals surface area contributed by atoms with Gasteiger partial charge in [0.25, 0.3) is 0 Å². The number of rotatable bonds is 6. The first-order chi connectivity index (χ1) is 17.5. The number of carbonyl (C=O) groups is 2. The maximum absolute atomic E-state index is 13.5. The van der Waals surface area contributed by atoms with Crippen LogP contribution in [0.5, 0.6) is 0 Å². The molecular formula is C28H34Cl2N4O2. The second kappa shape index (κ2) is 11.5. The van der Waals surface area contributed by atoms with E-state index in [1.165, 1.54) is 11.1 Å². The van der Waals surface area contributed by atoms with Gasteiger partial charge in [-0.1, -0.05) is 60.7 Å². The summed E-state index contributed by atoms with van der Waals surface area (Å²) in [5.74, 6) is -0.216. The molecule has 2 aromatic rings. The van der Waals surface area contributed by atoms with Gasteiger partial charge >= 0.3 is 0 Å². The van der Waals surface area contributed by atoms with Gasteiger partial charge in [-0.2, -0.15) is 0 Å². The van der Waals surface area contributed by atoms with Gasteiger partial charge in [0.15, 0.2) is 0 Å². The largest absolute Gasteiger partial charge is 0.341 e. The summed E-state index contributed by atoms with van der Waals surface area (Å²) in [5.41, 5.74) is 2.34. The van der Waals surface area contributed by atoms with E-state index >= 15 is 0 Å². The molecule has 0 bridgehead atoms. The van der Waals surface area contributed by atoms with Crippen molar-refractivity contribution in [2.45, 2.75) is 73.7 Å². The Morgan fingerprint density at radius 1 is 0.639 bits per heavy atom. The van der Waals surface area contributed by atoms with E-state index in [9.17, 15) is 9.59 Å². The number of piperazine rings is 1. The molecule has 0 spiro atoms. The van der Waals surface area contributed by atoms with E-state index in [1.54, 1.807) is 0 Å². The molecule has 8 heteroatoms. The summed E-state index contributed by atoms with van der Waals surface area (Å²) in [6.45, 7) is 2.77. The van der Waals surface area contributed by atoms with E-state index in [1.807, 2.05) is 36.4 Å². The highest BCUT2D eigenvalue weighted by Gasteiger charge is 2.46. The van der Waals surface area contributed by atoms with E-state index in [0.717, 1.165) is 25.7 Å². The normalized spacial score (nSPS) is 32.1. The molecular weight excluding hydrogens is 495 g/mol. The predicted molar refractivity (Wildman–Crippen MR) is 143 cm³/mol. The molecule has 6 unspecified atom stereocenters. The number of hydrogen-bond donors (Lipinski definition) is 2. The molecule has 3 heterocycles. The quantitative estimate of drug-likeness (QED) is 0.563. The molecule has 2 N–H and O–H groups in total. The number of halogens is 2. The molecule has 192 valence electrons. The topological polar surface area (TPSA) is 64.7 Å². The Hall–Kier alpha value is -2.12. The maximum Gasteiger partial charge on any atom is 0.244 e. The number of amides is 2. The maximum atomic E-state index is 13.5. The number of piperidine rings is 2. The fraction of sp³-hybridized carbons (Fsp3) is 0.500. The number of hydrogen-bond acceptors (Lipinski definition) is 4. The Kier molecular flexibility index (Phi) is 8.16. The van der Waals surface area contributed by atoms with Crippen molar-refractivity contribution in [3.8, 4) is 0 Å². The molecule has 2 aromatic carbocycles. The zero-order chi connectivity index (χ0) is 25.1. The molecule has 5 rings (SSSR count). The SMILES string of the molecule is O=C1NC(C2CCC(Cl)CN2Cc2ccccc2)C(=O)NC1C1CCC(Cl)CN1Cc1ccccc1. The standard InChI is InChI=1S/C28H34Cl2N4O2/c29-21-11-13-23(33(17-21)15-19-7-3-1-4-8-19)25-27(35)32-26(28(36)31-25)24-14-12-22(30)18-34(24)16-20-9-5-2-6-10-20/h1-10,21-26H,11-18H2,(H,31,36)(H,32,35). The van der Waals surface area contributed by atoms with Crippen molar-refractivity contribution in [1.82, 2.24) is 20.4 Å². The van der Waals surface area contributed by atoms with E-state index < -0.39 is 12.1 Å². The fourth-order valence-corrected chi connectivity index (χ4v) is 6.55.